The Balaban J connectivity index is 2.29. The number of amides is 1. The van der Waals surface area contributed by atoms with Crippen molar-refractivity contribution in [2.75, 3.05) is 29.5 Å². The van der Waals surface area contributed by atoms with E-state index in [1.165, 1.54) is 0 Å². The van der Waals surface area contributed by atoms with Crippen LogP contribution < -0.4 is 21.7 Å². The van der Waals surface area contributed by atoms with Crippen LogP contribution in [0.3, 0.4) is 0 Å². The first-order valence-corrected chi connectivity index (χ1v) is 5.29. The summed E-state index contributed by atoms with van der Waals surface area (Å²) in [5.74, 6) is 0.0432. The number of benzene rings is 1. The molecule has 1 heterocycles. The molecule has 86 valence electrons. The first-order valence-electron chi connectivity index (χ1n) is 5.29. The monoisotopic (exact) mass is 220 g/mol. The number of hydrogen-bond acceptors (Lipinski definition) is 4. The topological polar surface area (TPSA) is 84.4 Å². The van der Waals surface area contributed by atoms with E-state index in [9.17, 15) is 4.79 Å². The molecule has 1 aliphatic rings. The lowest BCUT2D eigenvalue weighted by Crippen LogP contribution is -2.54. The molecule has 1 aromatic rings. The van der Waals surface area contributed by atoms with Crippen molar-refractivity contribution in [1.82, 2.24) is 5.32 Å². The Hall–Kier alpha value is -1.91. The molecule has 0 aromatic heterocycles. The Kier molecular flexibility index (Phi) is 2.60. The fourth-order valence-electron chi connectivity index (χ4n) is 1.88. The SMILES string of the molecule is CC1C(=O)NCCN1c1ccc(N)c(N)c1. The van der Waals surface area contributed by atoms with Gasteiger partial charge in [0.1, 0.15) is 6.04 Å². The lowest BCUT2D eigenvalue weighted by Gasteiger charge is -2.34. The van der Waals surface area contributed by atoms with E-state index >= 15 is 0 Å². The molecule has 5 nitrogen and oxygen atoms in total. The van der Waals surface area contributed by atoms with E-state index in [1.54, 1.807) is 6.07 Å². The van der Waals surface area contributed by atoms with Crippen LogP contribution in [-0.2, 0) is 4.79 Å². The maximum atomic E-state index is 11.5. The van der Waals surface area contributed by atoms with Gasteiger partial charge in [0, 0.05) is 18.8 Å². The molecule has 16 heavy (non-hydrogen) atoms. The smallest absolute Gasteiger partial charge is 0.242 e. The number of carbonyl (C=O) groups excluding carboxylic acids is 1. The molecule has 1 atom stereocenters. The summed E-state index contributed by atoms with van der Waals surface area (Å²) < 4.78 is 0. The third kappa shape index (κ3) is 1.76. The number of rotatable bonds is 1. The van der Waals surface area contributed by atoms with E-state index < -0.39 is 0 Å². The lowest BCUT2D eigenvalue weighted by molar-refractivity contribution is -0.122. The standard InChI is InChI=1S/C11H16N4O/c1-7-11(16)14-4-5-15(7)8-2-3-9(12)10(13)6-8/h2-3,6-7H,4-5,12-13H2,1H3,(H,14,16). The molecular formula is C11H16N4O. The van der Waals surface area contributed by atoms with Crippen molar-refractivity contribution in [3.63, 3.8) is 0 Å². The van der Waals surface area contributed by atoms with E-state index in [4.69, 9.17) is 11.5 Å². The number of nitrogens with two attached hydrogens (primary N) is 2. The molecule has 0 radical (unpaired) electrons. The quantitative estimate of drug-likeness (QED) is 0.589. The number of piperazine rings is 1. The molecule has 1 fully saturated rings. The summed E-state index contributed by atoms with van der Waals surface area (Å²) in [7, 11) is 0. The van der Waals surface area contributed by atoms with Crippen molar-refractivity contribution >= 4 is 23.0 Å². The number of nitrogens with one attached hydrogen (secondary N) is 1. The van der Waals surface area contributed by atoms with Crippen molar-refractivity contribution in [2.45, 2.75) is 13.0 Å². The van der Waals surface area contributed by atoms with Crippen LogP contribution in [-0.4, -0.2) is 25.0 Å². The number of anilines is 3. The fraction of sp³-hybridized carbons (Fsp3) is 0.364. The van der Waals surface area contributed by atoms with Crippen LogP contribution in [0.1, 0.15) is 6.92 Å². The van der Waals surface area contributed by atoms with Gasteiger partial charge >= 0.3 is 0 Å². The Morgan fingerprint density at radius 1 is 1.38 bits per heavy atom. The molecule has 1 aromatic carbocycles. The van der Waals surface area contributed by atoms with Gasteiger partial charge in [0.2, 0.25) is 5.91 Å². The van der Waals surface area contributed by atoms with Crippen molar-refractivity contribution in [3.8, 4) is 0 Å². The molecule has 5 heteroatoms. The summed E-state index contributed by atoms with van der Waals surface area (Å²) in [4.78, 5) is 13.5. The predicted molar refractivity (Wildman–Crippen MR) is 65.1 cm³/mol. The van der Waals surface area contributed by atoms with E-state index in [2.05, 4.69) is 5.32 Å². The third-order valence-electron chi connectivity index (χ3n) is 2.90. The largest absolute Gasteiger partial charge is 0.397 e. The second-order valence-electron chi connectivity index (χ2n) is 3.97. The van der Waals surface area contributed by atoms with Gasteiger partial charge in [-0.3, -0.25) is 4.79 Å². The maximum Gasteiger partial charge on any atom is 0.242 e. The van der Waals surface area contributed by atoms with E-state index in [0.29, 0.717) is 17.9 Å². The van der Waals surface area contributed by atoms with Crippen LogP contribution in [0, 0.1) is 0 Å². The molecule has 1 aliphatic heterocycles. The first kappa shape index (κ1) is 10.6. The fourth-order valence-corrected chi connectivity index (χ4v) is 1.88. The molecule has 1 amide bonds. The Bertz CT molecular complexity index is 418. The lowest BCUT2D eigenvalue weighted by atomic mass is 10.1. The van der Waals surface area contributed by atoms with Crippen LogP contribution in [0.25, 0.3) is 0 Å². The van der Waals surface area contributed by atoms with Gasteiger partial charge in [-0.2, -0.15) is 0 Å². The second-order valence-corrected chi connectivity index (χ2v) is 3.97. The summed E-state index contributed by atoms with van der Waals surface area (Å²) >= 11 is 0. The summed E-state index contributed by atoms with van der Waals surface area (Å²) in [5, 5.41) is 2.82. The Morgan fingerprint density at radius 2 is 2.12 bits per heavy atom. The van der Waals surface area contributed by atoms with Crippen LogP contribution in [0.4, 0.5) is 17.1 Å². The highest BCUT2D eigenvalue weighted by Gasteiger charge is 2.25. The molecule has 0 aliphatic carbocycles. The predicted octanol–water partition coefficient (Wildman–Crippen LogP) is 0.176. The molecule has 1 unspecified atom stereocenters. The number of nitrogen functional groups attached to an aromatic ring is 2. The van der Waals surface area contributed by atoms with Gasteiger partial charge < -0.3 is 21.7 Å². The highest BCUT2D eigenvalue weighted by atomic mass is 16.2. The second kappa shape index (κ2) is 3.92. The molecule has 1 saturated heterocycles. The van der Waals surface area contributed by atoms with Crippen LogP contribution >= 0.6 is 0 Å². The average Bonchev–Trinajstić information content (AvgIpc) is 2.26. The van der Waals surface area contributed by atoms with Gasteiger partial charge in [-0.1, -0.05) is 0 Å². The zero-order valence-electron chi connectivity index (χ0n) is 9.23. The number of nitrogens with zero attached hydrogens (tertiary/aromatic N) is 1. The van der Waals surface area contributed by atoms with Crippen molar-refractivity contribution < 1.29 is 4.79 Å². The van der Waals surface area contributed by atoms with E-state index in [0.717, 1.165) is 12.2 Å². The van der Waals surface area contributed by atoms with Crippen LogP contribution in [0.5, 0.6) is 0 Å². The van der Waals surface area contributed by atoms with Gasteiger partial charge in [-0.25, -0.2) is 0 Å². The average molecular weight is 220 g/mol. The minimum absolute atomic E-state index is 0.0432. The Morgan fingerprint density at radius 3 is 2.81 bits per heavy atom. The van der Waals surface area contributed by atoms with Gasteiger partial charge in [0.05, 0.1) is 11.4 Å². The van der Waals surface area contributed by atoms with Crippen molar-refractivity contribution in [1.29, 1.82) is 0 Å². The minimum Gasteiger partial charge on any atom is -0.397 e. The van der Waals surface area contributed by atoms with Gasteiger partial charge in [0.25, 0.3) is 0 Å². The summed E-state index contributed by atoms with van der Waals surface area (Å²) in [6.45, 7) is 3.32. The van der Waals surface area contributed by atoms with Gasteiger partial charge in [-0.15, -0.1) is 0 Å². The molecular weight excluding hydrogens is 204 g/mol. The maximum absolute atomic E-state index is 11.5. The molecule has 5 N–H and O–H groups in total. The van der Waals surface area contributed by atoms with Crippen LogP contribution in [0.15, 0.2) is 18.2 Å². The van der Waals surface area contributed by atoms with Crippen molar-refractivity contribution in [2.24, 2.45) is 0 Å². The Labute approximate surface area is 94.4 Å². The molecule has 2 rings (SSSR count). The number of hydrogen-bond donors (Lipinski definition) is 3. The first-order chi connectivity index (χ1) is 7.59. The summed E-state index contributed by atoms with van der Waals surface area (Å²) in [6.07, 6.45) is 0. The van der Waals surface area contributed by atoms with Crippen molar-refractivity contribution in [3.05, 3.63) is 18.2 Å². The molecule has 0 spiro atoms. The highest BCUT2D eigenvalue weighted by molar-refractivity contribution is 5.86. The zero-order chi connectivity index (χ0) is 11.7. The van der Waals surface area contributed by atoms with E-state index in [1.807, 2.05) is 24.0 Å². The highest BCUT2D eigenvalue weighted by Crippen LogP contribution is 2.25. The molecule has 0 saturated carbocycles. The summed E-state index contributed by atoms with van der Waals surface area (Å²) in [5.41, 5.74) is 13.5. The third-order valence-corrected chi connectivity index (χ3v) is 2.90. The van der Waals surface area contributed by atoms with Crippen LogP contribution in [0.2, 0.25) is 0 Å². The molecule has 0 bridgehead atoms. The normalized spacial score (nSPS) is 20.7. The number of carbonyl (C=O) groups is 1. The van der Waals surface area contributed by atoms with Gasteiger partial charge in [-0.05, 0) is 25.1 Å². The zero-order valence-corrected chi connectivity index (χ0v) is 9.23. The summed E-state index contributed by atoms with van der Waals surface area (Å²) in [6, 6.07) is 5.30. The minimum atomic E-state index is -0.170. The van der Waals surface area contributed by atoms with E-state index in [-0.39, 0.29) is 11.9 Å². The van der Waals surface area contributed by atoms with Gasteiger partial charge in [0.15, 0.2) is 0 Å².